The Hall–Kier alpha value is -2.13. The number of nitrogen functional groups attached to an aromatic ring is 1. The number of rotatable bonds is 7. The van der Waals surface area contributed by atoms with Gasteiger partial charge in [0.25, 0.3) is 5.69 Å². The predicted octanol–water partition coefficient (Wildman–Crippen LogP) is 2.55. The second-order valence-electron chi connectivity index (χ2n) is 5.19. The van der Waals surface area contributed by atoms with Gasteiger partial charge in [0, 0.05) is 32.1 Å². The first-order chi connectivity index (χ1) is 9.43. The van der Waals surface area contributed by atoms with E-state index in [0.29, 0.717) is 25.4 Å². The second-order valence-corrected chi connectivity index (χ2v) is 5.19. The van der Waals surface area contributed by atoms with Crippen molar-refractivity contribution in [2.75, 3.05) is 18.8 Å². The molecule has 0 aliphatic carbocycles. The highest BCUT2D eigenvalue weighted by molar-refractivity contribution is 5.59. The smallest absolute Gasteiger partial charge is 0.292 e. The molecule has 6 nitrogen and oxygen atoms in total. The van der Waals surface area contributed by atoms with Crippen molar-refractivity contribution < 1.29 is 4.92 Å². The van der Waals surface area contributed by atoms with Crippen molar-refractivity contribution in [2.24, 2.45) is 5.92 Å². The zero-order valence-electron chi connectivity index (χ0n) is 11.9. The van der Waals surface area contributed by atoms with Crippen LogP contribution in [0.1, 0.15) is 25.8 Å². The maximum atomic E-state index is 10.7. The Morgan fingerprint density at radius 1 is 1.50 bits per heavy atom. The Labute approximate surface area is 118 Å². The monoisotopic (exact) mass is 276 g/mol. The van der Waals surface area contributed by atoms with Crippen LogP contribution >= 0.6 is 0 Å². The number of nitrogens with zero attached hydrogens (tertiary/aromatic N) is 3. The molecule has 0 saturated carbocycles. The van der Waals surface area contributed by atoms with Gasteiger partial charge in [-0.1, -0.05) is 19.9 Å². The molecule has 108 valence electrons. The number of nitro groups is 1. The molecule has 0 spiro atoms. The standard InChI is InChI=1S/C14H20N4O2/c1-11(2)9-17(7-3-6-15)10-12-4-5-14(18(19)20)13(16)8-12/h4-5,8,11H,3,7,9-10,16H2,1-2H3. The van der Waals surface area contributed by atoms with Crippen molar-refractivity contribution in [2.45, 2.75) is 26.8 Å². The molecule has 0 atom stereocenters. The van der Waals surface area contributed by atoms with Gasteiger partial charge in [0.15, 0.2) is 0 Å². The number of hydrogen-bond donors (Lipinski definition) is 1. The van der Waals surface area contributed by atoms with Gasteiger partial charge in [-0.2, -0.15) is 5.26 Å². The van der Waals surface area contributed by atoms with E-state index in [0.717, 1.165) is 12.1 Å². The van der Waals surface area contributed by atoms with E-state index in [-0.39, 0.29) is 11.4 Å². The van der Waals surface area contributed by atoms with Crippen LogP contribution in [0.3, 0.4) is 0 Å². The third kappa shape index (κ3) is 4.86. The normalized spacial score (nSPS) is 10.8. The Morgan fingerprint density at radius 2 is 2.20 bits per heavy atom. The molecule has 0 radical (unpaired) electrons. The van der Waals surface area contributed by atoms with E-state index >= 15 is 0 Å². The molecular formula is C14H20N4O2. The minimum absolute atomic E-state index is 0.0683. The molecule has 1 aromatic carbocycles. The minimum Gasteiger partial charge on any atom is -0.393 e. The lowest BCUT2D eigenvalue weighted by molar-refractivity contribution is -0.383. The zero-order valence-corrected chi connectivity index (χ0v) is 11.9. The average molecular weight is 276 g/mol. The summed E-state index contributed by atoms with van der Waals surface area (Å²) in [6.07, 6.45) is 0.467. The first-order valence-electron chi connectivity index (χ1n) is 6.56. The van der Waals surface area contributed by atoms with Crippen LogP contribution < -0.4 is 5.73 Å². The highest BCUT2D eigenvalue weighted by Crippen LogP contribution is 2.23. The zero-order chi connectivity index (χ0) is 15.1. The van der Waals surface area contributed by atoms with E-state index in [1.54, 1.807) is 12.1 Å². The number of nitrogens with two attached hydrogens (primary N) is 1. The Kier molecular flexibility index (Phi) is 5.94. The lowest BCUT2D eigenvalue weighted by Gasteiger charge is -2.23. The number of nitriles is 1. The molecule has 6 heteroatoms. The van der Waals surface area contributed by atoms with Gasteiger partial charge in [-0.05, 0) is 17.5 Å². The summed E-state index contributed by atoms with van der Waals surface area (Å²) in [6.45, 7) is 6.43. The molecule has 0 aromatic heterocycles. The number of hydrogen-bond acceptors (Lipinski definition) is 5. The van der Waals surface area contributed by atoms with Crippen molar-refractivity contribution in [1.29, 1.82) is 5.26 Å². The average Bonchev–Trinajstić information content (AvgIpc) is 2.35. The van der Waals surface area contributed by atoms with Gasteiger partial charge in [-0.15, -0.1) is 0 Å². The third-order valence-electron chi connectivity index (χ3n) is 2.86. The van der Waals surface area contributed by atoms with E-state index in [2.05, 4.69) is 24.8 Å². The summed E-state index contributed by atoms with van der Waals surface area (Å²) >= 11 is 0. The van der Waals surface area contributed by atoms with E-state index in [1.807, 2.05) is 0 Å². The molecule has 0 amide bonds. The molecule has 0 bridgehead atoms. The fourth-order valence-electron chi connectivity index (χ4n) is 2.09. The molecule has 0 aliphatic rings. The molecular weight excluding hydrogens is 256 g/mol. The van der Waals surface area contributed by atoms with Crippen LogP contribution in [0.15, 0.2) is 18.2 Å². The molecule has 1 aromatic rings. The summed E-state index contributed by atoms with van der Waals surface area (Å²) in [5, 5.41) is 19.4. The van der Waals surface area contributed by atoms with E-state index in [9.17, 15) is 10.1 Å². The molecule has 0 aliphatic heterocycles. The molecule has 0 fully saturated rings. The van der Waals surface area contributed by atoms with Crippen molar-refractivity contribution in [1.82, 2.24) is 4.90 Å². The SMILES string of the molecule is CC(C)CN(CCC#N)Cc1ccc([N+](=O)[O-])c(N)c1. The van der Waals surface area contributed by atoms with Gasteiger partial charge in [0.1, 0.15) is 5.69 Å². The number of benzene rings is 1. The quantitative estimate of drug-likeness (QED) is 0.469. The fourth-order valence-corrected chi connectivity index (χ4v) is 2.09. The Balaban J connectivity index is 2.80. The first-order valence-corrected chi connectivity index (χ1v) is 6.56. The maximum Gasteiger partial charge on any atom is 0.292 e. The highest BCUT2D eigenvalue weighted by Gasteiger charge is 2.13. The van der Waals surface area contributed by atoms with Crippen molar-refractivity contribution >= 4 is 11.4 Å². The molecule has 20 heavy (non-hydrogen) atoms. The van der Waals surface area contributed by atoms with Crippen molar-refractivity contribution in [3.63, 3.8) is 0 Å². The van der Waals surface area contributed by atoms with Crippen LogP contribution in [-0.2, 0) is 6.54 Å². The molecule has 0 unspecified atom stereocenters. The van der Waals surface area contributed by atoms with Crippen LogP contribution in [0.4, 0.5) is 11.4 Å². The lowest BCUT2D eigenvalue weighted by atomic mass is 10.1. The second kappa shape index (κ2) is 7.46. The summed E-state index contributed by atoms with van der Waals surface area (Å²) in [6, 6.07) is 6.92. The largest absolute Gasteiger partial charge is 0.393 e. The summed E-state index contributed by atoms with van der Waals surface area (Å²) in [5.74, 6) is 0.490. The topological polar surface area (TPSA) is 96.2 Å². The number of anilines is 1. The lowest BCUT2D eigenvalue weighted by Crippen LogP contribution is -2.28. The predicted molar refractivity (Wildman–Crippen MR) is 77.9 cm³/mol. The third-order valence-corrected chi connectivity index (χ3v) is 2.86. The Morgan fingerprint density at radius 3 is 2.70 bits per heavy atom. The summed E-state index contributed by atoms with van der Waals surface area (Å²) < 4.78 is 0. The van der Waals surface area contributed by atoms with Crippen LogP contribution in [0.2, 0.25) is 0 Å². The number of nitro benzene ring substituents is 1. The van der Waals surface area contributed by atoms with Crippen molar-refractivity contribution in [3.05, 3.63) is 33.9 Å². The van der Waals surface area contributed by atoms with Gasteiger partial charge >= 0.3 is 0 Å². The van der Waals surface area contributed by atoms with E-state index in [1.165, 1.54) is 6.07 Å². The first kappa shape index (κ1) is 15.9. The van der Waals surface area contributed by atoms with Gasteiger partial charge in [-0.3, -0.25) is 15.0 Å². The van der Waals surface area contributed by atoms with Crippen molar-refractivity contribution in [3.8, 4) is 6.07 Å². The van der Waals surface area contributed by atoms with Crippen LogP contribution in [0.25, 0.3) is 0 Å². The van der Waals surface area contributed by atoms with Crippen LogP contribution in [0, 0.1) is 27.4 Å². The summed E-state index contributed by atoms with van der Waals surface area (Å²) in [5.41, 5.74) is 6.72. The van der Waals surface area contributed by atoms with Gasteiger partial charge in [0.05, 0.1) is 11.0 Å². The van der Waals surface area contributed by atoms with Gasteiger partial charge in [0.2, 0.25) is 0 Å². The van der Waals surface area contributed by atoms with E-state index in [4.69, 9.17) is 11.0 Å². The van der Waals surface area contributed by atoms with Crippen LogP contribution in [0.5, 0.6) is 0 Å². The van der Waals surface area contributed by atoms with Crippen LogP contribution in [-0.4, -0.2) is 22.9 Å². The fraction of sp³-hybridized carbons (Fsp3) is 0.500. The molecule has 1 rings (SSSR count). The molecule has 2 N–H and O–H groups in total. The highest BCUT2D eigenvalue weighted by atomic mass is 16.6. The van der Waals surface area contributed by atoms with Gasteiger partial charge in [-0.25, -0.2) is 0 Å². The van der Waals surface area contributed by atoms with E-state index < -0.39 is 4.92 Å². The molecule has 0 saturated heterocycles. The maximum absolute atomic E-state index is 10.7. The summed E-state index contributed by atoms with van der Waals surface area (Å²) in [7, 11) is 0. The summed E-state index contributed by atoms with van der Waals surface area (Å²) in [4.78, 5) is 12.4. The van der Waals surface area contributed by atoms with Gasteiger partial charge < -0.3 is 5.73 Å². The molecule has 0 heterocycles. The Bertz CT molecular complexity index is 508. The minimum atomic E-state index is -0.485.